The van der Waals surface area contributed by atoms with E-state index in [0.717, 1.165) is 19.8 Å². The Morgan fingerprint density at radius 1 is 1.07 bits per heavy atom. The summed E-state index contributed by atoms with van der Waals surface area (Å²) in [5.74, 6) is 0. The molecule has 0 unspecified atom stereocenters. The van der Waals surface area contributed by atoms with Crippen LogP contribution in [0.15, 0.2) is 27.3 Å². The Bertz CT molecular complexity index is 514. The molecule has 0 fully saturated rings. The summed E-state index contributed by atoms with van der Waals surface area (Å²) < 4.78 is 1.82. The van der Waals surface area contributed by atoms with Crippen molar-refractivity contribution in [3.05, 3.63) is 37.3 Å². The van der Waals surface area contributed by atoms with Crippen molar-refractivity contribution in [3.63, 3.8) is 0 Å². The Kier molecular flexibility index (Phi) is 3.03. The quantitative estimate of drug-likeness (QED) is 0.643. The SMILES string of the molecule is Clc1cc2ncc(Br)c(Br)c2cc1Cl. The maximum absolute atomic E-state index is 5.92. The van der Waals surface area contributed by atoms with Crippen LogP contribution in [0.1, 0.15) is 0 Å². The van der Waals surface area contributed by atoms with Crippen LogP contribution >= 0.6 is 55.1 Å². The largest absolute Gasteiger partial charge is 0.255 e. The third kappa shape index (κ3) is 1.78. The average molecular weight is 356 g/mol. The third-order valence-corrected chi connectivity index (χ3v) is 4.51. The van der Waals surface area contributed by atoms with Crippen molar-refractivity contribution < 1.29 is 0 Å². The molecule has 2 aromatic rings. The van der Waals surface area contributed by atoms with Crippen LogP contribution in [0.4, 0.5) is 0 Å². The summed E-state index contributed by atoms with van der Waals surface area (Å²) >= 11 is 18.6. The van der Waals surface area contributed by atoms with Crippen molar-refractivity contribution in [2.24, 2.45) is 0 Å². The summed E-state index contributed by atoms with van der Waals surface area (Å²) in [4.78, 5) is 4.22. The monoisotopic (exact) mass is 353 g/mol. The third-order valence-electron chi connectivity index (χ3n) is 1.80. The first-order valence-corrected chi connectivity index (χ1v) is 6.02. The summed E-state index contributed by atoms with van der Waals surface area (Å²) in [6, 6.07) is 3.54. The normalized spacial score (nSPS) is 10.9. The molecule has 0 saturated heterocycles. The summed E-state index contributed by atoms with van der Waals surface area (Å²) in [7, 11) is 0. The van der Waals surface area contributed by atoms with Gasteiger partial charge in [0.25, 0.3) is 0 Å². The molecule has 5 heteroatoms. The molecule has 0 saturated carbocycles. The van der Waals surface area contributed by atoms with Crippen molar-refractivity contribution >= 4 is 66.0 Å². The van der Waals surface area contributed by atoms with E-state index in [1.807, 2.05) is 0 Å². The van der Waals surface area contributed by atoms with Crippen molar-refractivity contribution in [2.45, 2.75) is 0 Å². The average Bonchev–Trinajstić information content (AvgIpc) is 2.15. The number of pyridine rings is 1. The van der Waals surface area contributed by atoms with E-state index in [1.54, 1.807) is 18.3 Å². The molecule has 0 amide bonds. The first-order chi connectivity index (χ1) is 6.59. The molecule has 2 rings (SSSR count). The van der Waals surface area contributed by atoms with Crippen LogP contribution in [-0.2, 0) is 0 Å². The number of aromatic nitrogens is 1. The minimum absolute atomic E-state index is 0.515. The highest BCUT2D eigenvalue weighted by Crippen LogP contribution is 2.34. The molecule has 1 heterocycles. The van der Waals surface area contributed by atoms with Gasteiger partial charge in [0.15, 0.2) is 0 Å². The van der Waals surface area contributed by atoms with Crippen LogP contribution < -0.4 is 0 Å². The van der Waals surface area contributed by atoms with Gasteiger partial charge >= 0.3 is 0 Å². The lowest BCUT2D eigenvalue weighted by atomic mass is 10.2. The van der Waals surface area contributed by atoms with Gasteiger partial charge in [-0.1, -0.05) is 23.2 Å². The molecule has 72 valence electrons. The summed E-state index contributed by atoms with van der Waals surface area (Å²) in [6.07, 6.45) is 1.72. The van der Waals surface area contributed by atoms with E-state index < -0.39 is 0 Å². The molecule has 0 aliphatic carbocycles. The van der Waals surface area contributed by atoms with E-state index in [4.69, 9.17) is 23.2 Å². The second-order valence-electron chi connectivity index (χ2n) is 2.70. The Balaban J connectivity index is 2.89. The number of halogens is 4. The second kappa shape index (κ2) is 3.97. The Morgan fingerprint density at radius 2 is 1.71 bits per heavy atom. The number of nitrogens with zero attached hydrogens (tertiary/aromatic N) is 1. The van der Waals surface area contributed by atoms with Crippen LogP contribution in [0.3, 0.4) is 0 Å². The van der Waals surface area contributed by atoms with Gasteiger partial charge in [-0.15, -0.1) is 0 Å². The van der Waals surface area contributed by atoms with Crippen molar-refractivity contribution in [1.29, 1.82) is 0 Å². The molecule has 0 atom stereocenters. The van der Waals surface area contributed by atoms with Crippen molar-refractivity contribution in [2.75, 3.05) is 0 Å². The molecule has 0 radical (unpaired) electrons. The van der Waals surface area contributed by atoms with Gasteiger partial charge in [-0.05, 0) is 44.0 Å². The zero-order chi connectivity index (χ0) is 10.3. The van der Waals surface area contributed by atoms with Crippen LogP contribution in [0.25, 0.3) is 10.9 Å². The summed E-state index contributed by atoms with van der Waals surface area (Å²) in [5, 5.41) is 1.98. The van der Waals surface area contributed by atoms with Crippen molar-refractivity contribution in [3.8, 4) is 0 Å². The van der Waals surface area contributed by atoms with E-state index in [0.29, 0.717) is 10.0 Å². The van der Waals surface area contributed by atoms with Gasteiger partial charge in [-0.25, -0.2) is 0 Å². The molecule has 0 bridgehead atoms. The smallest absolute Gasteiger partial charge is 0.0730 e. The molecule has 14 heavy (non-hydrogen) atoms. The molecular formula is C9H3Br2Cl2N. The highest BCUT2D eigenvalue weighted by atomic mass is 79.9. The lowest BCUT2D eigenvalue weighted by Gasteiger charge is -2.03. The Morgan fingerprint density at radius 3 is 2.43 bits per heavy atom. The molecular weight excluding hydrogens is 353 g/mol. The van der Waals surface area contributed by atoms with E-state index in [2.05, 4.69) is 36.8 Å². The molecule has 0 aliphatic rings. The standard InChI is InChI=1S/C9H3Br2Cl2N/c10-5-3-14-8-2-7(13)6(12)1-4(8)9(5)11/h1-3H. The van der Waals surface area contributed by atoms with E-state index in [-0.39, 0.29) is 0 Å². The van der Waals surface area contributed by atoms with Gasteiger partial charge in [0.05, 0.1) is 20.0 Å². The number of rotatable bonds is 0. The number of fused-ring (bicyclic) bond motifs is 1. The van der Waals surface area contributed by atoms with Gasteiger partial charge in [0.1, 0.15) is 0 Å². The van der Waals surface area contributed by atoms with E-state index in [9.17, 15) is 0 Å². The fraction of sp³-hybridized carbons (Fsp3) is 0. The Labute approximate surface area is 108 Å². The predicted molar refractivity (Wildman–Crippen MR) is 67.2 cm³/mol. The summed E-state index contributed by atoms with van der Waals surface area (Å²) in [6.45, 7) is 0. The Hall–Kier alpha value is 0.170. The first-order valence-electron chi connectivity index (χ1n) is 3.68. The lowest BCUT2D eigenvalue weighted by molar-refractivity contribution is 1.38. The van der Waals surface area contributed by atoms with Crippen molar-refractivity contribution in [1.82, 2.24) is 4.98 Å². The summed E-state index contributed by atoms with van der Waals surface area (Å²) in [5.41, 5.74) is 0.814. The molecule has 1 aromatic heterocycles. The lowest BCUT2D eigenvalue weighted by Crippen LogP contribution is -1.82. The van der Waals surface area contributed by atoms with E-state index >= 15 is 0 Å². The molecule has 0 aliphatic heterocycles. The fourth-order valence-electron chi connectivity index (χ4n) is 1.13. The maximum Gasteiger partial charge on any atom is 0.0730 e. The number of benzene rings is 1. The molecule has 1 aromatic carbocycles. The molecule has 0 spiro atoms. The fourth-order valence-corrected chi connectivity index (χ4v) is 2.19. The molecule has 1 nitrogen and oxygen atoms in total. The highest BCUT2D eigenvalue weighted by molar-refractivity contribution is 9.13. The van der Waals surface area contributed by atoms with Crippen LogP contribution in [0, 0.1) is 0 Å². The topological polar surface area (TPSA) is 12.9 Å². The molecule has 0 N–H and O–H groups in total. The van der Waals surface area contributed by atoms with Crippen LogP contribution in [0.2, 0.25) is 10.0 Å². The van der Waals surface area contributed by atoms with Gasteiger partial charge in [0, 0.05) is 16.1 Å². The van der Waals surface area contributed by atoms with Gasteiger partial charge < -0.3 is 0 Å². The zero-order valence-electron chi connectivity index (χ0n) is 6.69. The van der Waals surface area contributed by atoms with Gasteiger partial charge in [-0.2, -0.15) is 0 Å². The maximum atomic E-state index is 5.92. The highest BCUT2D eigenvalue weighted by Gasteiger charge is 2.07. The number of hydrogen-bond acceptors (Lipinski definition) is 1. The minimum Gasteiger partial charge on any atom is -0.255 e. The van der Waals surface area contributed by atoms with Crippen LogP contribution in [0.5, 0.6) is 0 Å². The van der Waals surface area contributed by atoms with Crippen LogP contribution in [-0.4, -0.2) is 4.98 Å². The number of hydrogen-bond donors (Lipinski definition) is 0. The van der Waals surface area contributed by atoms with Gasteiger partial charge in [-0.3, -0.25) is 4.98 Å². The zero-order valence-corrected chi connectivity index (χ0v) is 11.4. The first kappa shape index (κ1) is 10.7. The van der Waals surface area contributed by atoms with Gasteiger partial charge in [0.2, 0.25) is 0 Å². The second-order valence-corrected chi connectivity index (χ2v) is 5.17. The minimum atomic E-state index is 0.515. The predicted octanol–water partition coefficient (Wildman–Crippen LogP) is 5.07. The van der Waals surface area contributed by atoms with E-state index in [1.165, 1.54) is 0 Å².